The number of fused-ring (bicyclic) bond motifs is 2. The summed E-state index contributed by atoms with van der Waals surface area (Å²) in [4.78, 5) is 37.7. The summed E-state index contributed by atoms with van der Waals surface area (Å²) in [6, 6.07) is 13.4. The van der Waals surface area contributed by atoms with Crippen molar-refractivity contribution in [2.24, 2.45) is 0 Å². The Hall–Kier alpha value is -3.74. The number of nitro groups is 1. The molecule has 7 nitrogen and oxygen atoms in total. The number of hydrogen-bond acceptors (Lipinski definition) is 6. The molecular weight excluding hydrogens is 492 g/mol. The largest absolute Gasteiger partial charge is 0.462 e. The van der Waals surface area contributed by atoms with E-state index in [9.17, 15) is 19.7 Å². The number of dihydropyridines is 1. The van der Waals surface area contributed by atoms with E-state index in [1.165, 1.54) is 57.1 Å². The molecule has 39 heavy (non-hydrogen) atoms. The number of allylic oxidation sites excluding steroid dienone is 2. The lowest BCUT2D eigenvalue weighted by atomic mass is 9.80. The molecule has 0 aromatic heterocycles. The van der Waals surface area contributed by atoms with Gasteiger partial charge in [-0.2, -0.15) is 0 Å². The molecule has 2 aliphatic rings. The topological polar surface area (TPSA) is 98.5 Å². The van der Waals surface area contributed by atoms with Crippen LogP contribution in [-0.4, -0.2) is 23.3 Å². The van der Waals surface area contributed by atoms with E-state index < -0.39 is 16.8 Å². The predicted molar refractivity (Wildman–Crippen MR) is 152 cm³/mol. The number of hydrogen-bond donors (Lipinski definition) is 1. The van der Waals surface area contributed by atoms with Crippen LogP contribution in [-0.2, 0) is 9.53 Å². The fraction of sp³-hybridized carbons (Fsp3) is 0.438. The average molecular weight is 531 g/mol. The van der Waals surface area contributed by atoms with Crippen molar-refractivity contribution >= 4 is 23.1 Å². The third-order valence-corrected chi connectivity index (χ3v) is 7.64. The molecule has 0 saturated heterocycles. The Bertz CT molecular complexity index is 1280. The van der Waals surface area contributed by atoms with Crippen molar-refractivity contribution in [3.8, 4) is 0 Å². The first-order chi connectivity index (χ1) is 18.9. The first-order valence-electron chi connectivity index (χ1n) is 14.2. The molecule has 1 heterocycles. The standard InChI is InChI=1S/C32H38N2O5/c1-3-4-5-6-7-8-9-10-11-14-21-39-32(36)27-22(2)33-30-25-15-12-13-16-26(25)31(35)29(30)28(27)23-17-19-24(20-18-23)34(37)38/h12-13,15-20,28,33H,3-11,14,21H2,1-2H3/t28-/m0/s1. The molecule has 0 amide bonds. The molecule has 0 unspecified atom stereocenters. The zero-order chi connectivity index (χ0) is 27.8. The molecule has 1 atom stereocenters. The van der Waals surface area contributed by atoms with Crippen LogP contribution in [0.3, 0.4) is 0 Å². The van der Waals surface area contributed by atoms with Gasteiger partial charge in [-0.1, -0.05) is 101 Å². The smallest absolute Gasteiger partial charge is 0.336 e. The van der Waals surface area contributed by atoms with Crippen LogP contribution in [0.15, 0.2) is 65.4 Å². The molecule has 1 aliphatic carbocycles. The number of Topliss-reactive ketones (excluding diaryl/α,β-unsaturated/α-hetero) is 1. The lowest BCUT2D eigenvalue weighted by Crippen LogP contribution is -2.29. The SMILES string of the molecule is CCCCCCCCCCCCOC(=O)C1=C(C)NC2=C(C(=O)c3ccccc32)[C@H]1c1ccc([N+](=O)[O-])cc1. The second kappa shape index (κ2) is 13.4. The van der Waals surface area contributed by atoms with Gasteiger partial charge in [0.2, 0.25) is 0 Å². The summed E-state index contributed by atoms with van der Waals surface area (Å²) < 4.78 is 5.72. The van der Waals surface area contributed by atoms with E-state index in [4.69, 9.17) is 4.74 Å². The molecule has 4 rings (SSSR count). The maximum Gasteiger partial charge on any atom is 0.336 e. The van der Waals surface area contributed by atoms with Gasteiger partial charge in [-0.05, 0) is 18.9 Å². The summed E-state index contributed by atoms with van der Waals surface area (Å²) in [6.45, 7) is 4.36. The van der Waals surface area contributed by atoms with Crippen LogP contribution in [0.25, 0.3) is 5.70 Å². The molecule has 206 valence electrons. The lowest BCUT2D eigenvalue weighted by molar-refractivity contribution is -0.384. The Morgan fingerprint density at radius 1 is 0.897 bits per heavy atom. The molecule has 0 radical (unpaired) electrons. The Morgan fingerprint density at radius 3 is 2.10 bits per heavy atom. The van der Waals surface area contributed by atoms with E-state index in [0.717, 1.165) is 24.8 Å². The van der Waals surface area contributed by atoms with Crippen LogP contribution in [0.1, 0.15) is 105 Å². The van der Waals surface area contributed by atoms with Crippen molar-refractivity contribution in [1.82, 2.24) is 5.32 Å². The van der Waals surface area contributed by atoms with Crippen LogP contribution in [0, 0.1) is 10.1 Å². The molecule has 1 N–H and O–H groups in total. The highest BCUT2D eigenvalue weighted by Crippen LogP contribution is 2.46. The Balaban J connectivity index is 1.44. The molecule has 0 bridgehead atoms. The van der Waals surface area contributed by atoms with Gasteiger partial charge in [0, 0.05) is 40.4 Å². The van der Waals surface area contributed by atoms with E-state index in [0.29, 0.717) is 40.3 Å². The molecule has 2 aromatic rings. The Labute approximate surface area is 230 Å². The zero-order valence-electron chi connectivity index (χ0n) is 23.0. The van der Waals surface area contributed by atoms with Gasteiger partial charge in [0.15, 0.2) is 5.78 Å². The number of esters is 1. The lowest BCUT2D eigenvalue weighted by Gasteiger charge is -2.29. The number of benzene rings is 2. The quantitative estimate of drug-likeness (QED) is 0.117. The van der Waals surface area contributed by atoms with E-state index in [1.807, 2.05) is 25.1 Å². The predicted octanol–water partition coefficient (Wildman–Crippen LogP) is 7.63. The van der Waals surface area contributed by atoms with Gasteiger partial charge >= 0.3 is 5.97 Å². The van der Waals surface area contributed by atoms with Crippen LogP contribution >= 0.6 is 0 Å². The summed E-state index contributed by atoms with van der Waals surface area (Å²) >= 11 is 0. The maximum absolute atomic E-state index is 13.5. The van der Waals surface area contributed by atoms with Crippen LogP contribution in [0.4, 0.5) is 5.69 Å². The van der Waals surface area contributed by atoms with Gasteiger partial charge in [-0.25, -0.2) is 4.79 Å². The fourth-order valence-electron chi connectivity index (χ4n) is 5.55. The number of non-ortho nitro benzene ring substituents is 1. The second-order valence-electron chi connectivity index (χ2n) is 10.4. The van der Waals surface area contributed by atoms with Crippen molar-refractivity contribution in [2.45, 2.75) is 84.0 Å². The van der Waals surface area contributed by atoms with Gasteiger partial charge in [0.05, 0.1) is 22.8 Å². The van der Waals surface area contributed by atoms with E-state index in [2.05, 4.69) is 12.2 Å². The number of nitrogens with one attached hydrogen (secondary N) is 1. The van der Waals surface area contributed by atoms with Crippen LogP contribution in [0.5, 0.6) is 0 Å². The average Bonchev–Trinajstić information content (AvgIpc) is 3.22. The van der Waals surface area contributed by atoms with Crippen molar-refractivity contribution in [3.63, 3.8) is 0 Å². The molecule has 0 saturated carbocycles. The second-order valence-corrected chi connectivity index (χ2v) is 10.4. The van der Waals surface area contributed by atoms with Crippen molar-refractivity contribution in [3.05, 3.63) is 92.2 Å². The minimum Gasteiger partial charge on any atom is -0.462 e. The highest BCUT2D eigenvalue weighted by Gasteiger charge is 2.43. The minimum absolute atomic E-state index is 0.0475. The van der Waals surface area contributed by atoms with E-state index in [-0.39, 0.29) is 11.5 Å². The number of carbonyl (C=O) groups is 2. The molecule has 7 heteroatoms. The minimum atomic E-state index is -0.679. The van der Waals surface area contributed by atoms with Crippen LogP contribution in [0.2, 0.25) is 0 Å². The molecular formula is C32H38N2O5. The molecule has 2 aromatic carbocycles. The van der Waals surface area contributed by atoms with Gasteiger partial charge < -0.3 is 10.1 Å². The van der Waals surface area contributed by atoms with Crippen molar-refractivity contribution in [1.29, 1.82) is 0 Å². The zero-order valence-corrected chi connectivity index (χ0v) is 23.0. The number of carbonyl (C=O) groups excluding carboxylic acids is 2. The molecule has 0 fully saturated rings. The van der Waals surface area contributed by atoms with Gasteiger partial charge in [-0.15, -0.1) is 0 Å². The Kier molecular flexibility index (Phi) is 9.69. The third kappa shape index (κ3) is 6.47. The number of unbranched alkanes of at least 4 members (excludes halogenated alkanes) is 9. The summed E-state index contributed by atoms with van der Waals surface area (Å²) in [5.41, 5.74) is 4.11. The Morgan fingerprint density at radius 2 is 1.49 bits per heavy atom. The number of ether oxygens (including phenoxy) is 1. The number of ketones is 1. The summed E-state index contributed by atoms with van der Waals surface area (Å²) in [7, 11) is 0. The molecule has 1 aliphatic heterocycles. The normalized spacial score (nSPS) is 16.2. The third-order valence-electron chi connectivity index (χ3n) is 7.64. The van der Waals surface area contributed by atoms with Crippen LogP contribution < -0.4 is 5.32 Å². The summed E-state index contributed by atoms with van der Waals surface area (Å²) in [6.07, 6.45) is 11.9. The summed E-state index contributed by atoms with van der Waals surface area (Å²) in [5, 5.41) is 14.5. The van der Waals surface area contributed by atoms with E-state index in [1.54, 1.807) is 18.2 Å². The van der Waals surface area contributed by atoms with Crippen molar-refractivity contribution in [2.75, 3.05) is 6.61 Å². The monoisotopic (exact) mass is 530 g/mol. The summed E-state index contributed by atoms with van der Waals surface area (Å²) in [5.74, 6) is -1.29. The van der Waals surface area contributed by atoms with Gasteiger partial charge in [0.1, 0.15) is 0 Å². The molecule has 0 spiro atoms. The van der Waals surface area contributed by atoms with Gasteiger partial charge in [-0.3, -0.25) is 14.9 Å². The van der Waals surface area contributed by atoms with E-state index >= 15 is 0 Å². The maximum atomic E-state index is 13.5. The first-order valence-corrected chi connectivity index (χ1v) is 14.2. The first kappa shape index (κ1) is 28.3. The number of nitro benzene ring substituents is 1. The highest BCUT2D eigenvalue weighted by molar-refractivity contribution is 6.23. The van der Waals surface area contributed by atoms with Crippen molar-refractivity contribution < 1.29 is 19.2 Å². The number of rotatable bonds is 14. The van der Waals surface area contributed by atoms with Gasteiger partial charge in [0.25, 0.3) is 5.69 Å². The number of nitrogens with zero attached hydrogens (tertiary/aromatic N) is 1. The fourth-order valence-corrected chi connectivity index (χ4v) is 5.55. The highest BCUT2D eigenvalue weighted by atomic mass is 16.6.